The summed E-state index contributed by atoms with van der Waals surface area (Å²) in [6, 6.07) is 6.28. The third-order valence-corrected chi connectivity index (χ3v) is 5.39. The number of thioether (sulfide) groups is 1. The standard InChI is InChI=1S/C15H21NO2S/c16-10-11-3-1-2-4-15(11)19-12-5-6-13-14(9-12)18-8-7-17-13/h5-6,9,11,15H,1-4,7-8,10,16H2. The Morgan fingerprint density at radius 2 is 1.89 bits per heavy atom. The summed E-state index contributed by atoms with van der Waals surface area (Å²) in [7, 11) is 0. The van der Waals surface area contributed by atoms with Gasteiger partial charge in [-0.2, -0.15) is 0 Å². The van der Waals surface area contributed by atoms with Gasteiger partial charge in [-0.25, -0.2) is 0 Å². The highest BCUT2D eigenvalue weighted by atomic mass is 32.2. The summed E-state index contributed by atoms with van der Waals surface area (Å²) >= 11 is 1.95. The first kappa shape index (κ1) is 13.1. The number of rotatable bonds is 3. The lowest BCUT2D eigenvalue weighted by atomic mass is 9.89. The van der Waals surface area contributed by atoms with Gasteiger partial charge < -0.3 is 15.2 Å². The Hall–Kier alpha value is -0.870. The minimum atomic E-state index is 0.649. The molecule has 1 saturated carbocycles. The van der Waals surface area contributed by atoms with Gasteiger partial charge in [0, 0.05) is 10.1 Å². The number of nitrogens with two attached hydrogens (primary N) is 1. The van der Waals surface area contributed by atoms with E-state index in [1.165, 1.54) is 30.6 Å². The normalized spacial score (nSPS) is 26.2. The minimum Gasteiger partial charge on any atom is -0.486 e. The van der Waals surface area contributed by atoms with Crippen molar-refractivity contribution in [3.05, 3.63) is 18.2 Å². The molecular weight excluding hydrogens is 258 g/mol. The molecule has 3 nitrogen and oxygen atoms in total. The molecular formula is C15H21NO2S. The molecule has 1 aliphatic carbocycles. The highest BCUT2D eigenvalue weighted by Gasteiger charge is 2.25. The summed E-state index contributed by atoms with van der Waals surface area (Å²) in [5.41, 5.74) is 5.90. The first-order valence-electron chi connectivity index (χ1n) is 7.13. The maximum Gasteiger partial charge on any atom is 0.162 e. The molecule has 0 bridgehead atoms. The van der Waals surface area contributed by atoms with Gasteiger partial charge in [0.1, 0.15) is 13.2 Å². The van der Waals surface area contributed by atoms with Crippen molar-refractivity contribution in [3.63, 3.8) is 0 Å². The van der Waals surface area contributed by atoms with Gasteiger partial charge in [-0.3, -0.25) is 0 Å². The Bertz CT molecular complexity index is 438. The van der Waals surface area contributed by atoms with Crippen LogP contribution in [0.2, 0.25) is 0 Å². The van der Waals surface area contributed by atoms with Crippen molar-refractivity contribution in [1.82, 2.24) is 0 Å². The van der Waals surface area contributed by atoms with E-state index in [0.29, 0.717) is 24.4 Å². The minimum absolute atomic E-state index is 0.649. The fourth-order valence-electron chi connectivity index (χ4n) is 2.87. The Labute approximate surface area is 118 Å². The zero-order valence-corrected chi connectivity index (χ0v) is 12.0. The van der Waals surface area contributed by atoms with Crippen molar-refractivity contribution in [2.75, 3.05) is 19.8 Å². The van der Waals surface area contributed by atoms with Crippen LogP contribution in [0.3, 0.4) is 0 Å². The molecule has 4 heteroatoms. The fraction of sp³-hybridized carbons (Fsp3) is 0.600. The summed E-state index contributed by atoms with van der Waals surface area (Å²) in [6.07, 6.45) is 5.22. The van der Waals surface area contributed by atoms with E-state index in [4.69, 9.17) is 15.2 Å². The van der Waals surface area contributed by atoms with Crippen LogP contribution in [0, 0.1) is 5.92 Å². The van der Waals surface area contributed by atoms with Crippen LogP contribution in [0.4, 0.5) is 0 Å². The zero-order chi connectivity index (χ0) is 13.1. The average Bonchev–Trinajstić information content (AvgIpc) is 2.48. The molecule has 0 aromatic heterocycles. The van der Waals surface area contributed by atoms with Crippen LogP contribution in [-0.2, 0) is 0 Å². The summed E-state index contributed by atoms with van der Waals surface area (Å²) in [5, 5.41) is 0.654. The molecule has 0 saturated heterocycles. The largest absolute Gasteiger partial charge is 0.486 e. The molecule has 0 amide bonds. The Kier molecular flexibility index (Phi) is 4.18. The van der Waals surface area contributed by atoms with Gasteiger partial charge in [0.25, 0.3) is 0 Å². The molecule has 1 aliphatic heterocycles. The second-order valence-electron chi connectivity index (χ2n) is 5.24. The van der Waals surface area contributed by atoms with E-state index >= 15 is 0 Å². The van der Waals surface area contributed by atoms with Gasteiger partial charge in [0.05, 0.1) is 0 Å². The molecule has 1 fully saturated rings. The number of ether oxygens (including phenoxy) is 2. The second-order valence-corrected chi connectivity index (χ2v) is 6.55. The predicted octanol–water partition coefficient (Wildman–Crippen LogP) is 3.07. The summed E-state index contributed by atoms with van der Waals surface area (Å²) in [5.74, 6) is 2.41. The van der Waals surface area contributed by atoms with Crippen molar-refractivity contribution >= 4 is 11.8 Å². The van der Waals surface area contributed by atoms with Gasteiger partial charge in [0.15, 0.2) is 11.5 Å². The second kappa shape index (κ2) is 6.06. The van der Waals surface area contributed by atoms with E-state index in [0.717, 1.165) is 18.0 Å². The van der Waals surface area contributed by atoms with Crippen LogP contribution in [0.1, 0.15) is 25.7 Å². The average molecular weight is 279 g/mol. The monoisotopic (exact) mass is 279 g/mol. The molecule has 2 N–H and O–H groups in total. The lowest BCUT2D eigenvalue weighted by Crippen LogP contribution is -2.28. The summed E-state index contributed by atoms with van der Waals surface area (Å²) < 4.78 is 11.2. The number of hydrogen-bond acceptors (Lipinski definition) is 4. The smallest absolute Gasteiger partial charge is 0.162 e. The fourth-order valence-corrected chi connectivity index (χ4v) is 4.27. The van der Waals surface area contributed by atoms with E-state index in [1.54, 1.807) is 0 Å². The third-order valence-electron chi connectivity index (χ3n) is 3.94. The highest BCUT2D eigenvalue weighted by molar-refractivity contribution is 8.00. The van der Waals surface area contributed by atoms with E-state index < -0.39 is 0 Å². The molecule has 0 radical (unpaired) electrons. The van der Waals surface area contributed by atoms with Crippen LogP contribution in [-0.4, -0.2) is 25.0 Å². The van der Waals surface area contributed by atoms with Crippen molar-refractivity contribution in [2.45, 2.75) is 35.8 Å². The first-order chi connectivity index (χ1) is 9.36. The summed E-state index contributed by atoms with van der Waals surface area (Å²) in [6.45, 7) is 2.11. The van der Waals surface area contributed by atoms with E-state index in [1.807, 2.05) is 17.8 Å². The topological polar surface area (TPSA) is 44.5 Å². The Morgan fingerprint density at radius 1 is 1.11 bits per heavy atom. The maximum atomic E-state index is 5.90. The van der Waals surface area contributed by atoms with E-state index in [2.05, 4.69) is 12.1 Å². The zero-order valence-electron chi connectivity index (χ0n) is 11.1. The molecule has 2 unspecified atom stereocenters. The van der Waals surface area contributed by atoms with Crippen molar-refractivity contribution < 1.29 is 9.47 Å². The van der Waals surface area contributed by atoms with E-state index in [-0.39, 0.29) is 0 Å². The number of hydrogen-bond donors (Lipinski definition) is 1. The van der Waals surface area contributed by atoms with Crippen molar-refractivity contribution in [2.24, 2.45) is 11.7 Å². The van der Waals surface area contributed by atoms with Gasteiger partial charge in [-0.05, 0) is 43.5 Å². The SMILES string of the molecule is NCC1CCCCC1Sc1ccc2c(c1)OCCO2. The van der Waals surface area contributed by atoms with Crippen LogP contribution in [0.5, 0.6) is 11.5 Å². The third kappa shape index (κ3) is 3.00. The maximum absolute atomic E-state index is 5.90. The molecule has 1 aromatic rings. The molecule has 104 valence electrons. The van der Waals surface area contributed by atoms with Crippen LogP contribution < -0.4 is 15.2 Å². The predicted molar refractivity (Wildman–Crippen MR) is 78.1 cm³/mol. The molecule has 2 aliphatic rings. The van der Waals surface area contributed by atoms with Gasteiger partial charge in [0.2, 0.25) is 0 Å². The van der Waals surface area contributed by atoms with Crippen LogP contribution >= 0.6 is 11.8 Å². The number of fused-ring (bicyclic) bond motifs is 1. The van der Waals surface area contributed by atoms with Crippen LogP contribution in [0.25, 0.3) is 0 Å². The van der Waals surface area contributed by atoms with Crippen molar-refractivity contribution in [3.8, 4) is 11.5 Å². The van der Waals surface area contributed by atoms with Crippen LogP contribution in [0.15, 0.2) is 23.1 Å². The molecule has 3 rings (SSSR count). The first-order valence-corrected chi connectivity index (χ1v) is 8.01. The number of benzene rings is 1. The Morgan fingerprint density at radius 3 is 2.74 bits per heavy atom. The van der Waals surface area contributed by atoms with Gasteiger partial charge >= 0.3 is 0 Å². The molecule has 1 aromatic carbocycles. The van der Waals surface area contributed by atoms with Gasteiger partial charge in [-0.1, -0.05) is 12.8 Å². The molecule has 0 spiro atoms. The van der Waals surface area contributed by atoms with E-state index in [9.17, 15) is 0 Å². The quantitative estimate of drug-likeness (QED) is 0.923. The molecule has 2 atom stereocenters. The summed E-state index contributed by atoms with van der Waals surface area (Å²) in [4.78, 5) is 1.27. The molecule has 1 heterocycles. The lowest BCUT2D eigenvalue weighted by Gasteiger charge is -2.30. The lowest BCUT2D eigenvalue weighted by molar-refractivity contribution is 0.171. The van der Waals surface area contributed by atoms with Gasteiger partial charge in [-0.15, -0.1) is 11.8 Å². The Balaban J connectivity index is 1.71. The molecule has 19 heavy (non-hydrogen) atoms. The van der Waals surface area contributed by atoms with Crippen molar-refractivity contribution in [1.29, 1.82) is 0 Å². The highest BCUT2D eigenvalue weighted by Crippen LogP contribution is 2.40.